The lowest BCUT2D eigenvalue weighted by Gasteiger charge is -2.21. The van der Waals surface area contributed by atoms with Crippen LogP contribution in [0, 0.1) is 0 Å². The molecule has 0 saturated carbocycles. The molecule has 1 aromatic heterocycles. The highest BCUT2D eigenvalue weighted by molar-refractivity contribution is 6.30. The van der Waals surface area contributed by atoms with Crippen LogP contribution in [0.3, 0.4) is 0 Å². The van der Waals surface area contributed by atoms with Gasteiger partial charge in [-0.15, -0.1) is 0 Å². The van der Waals surface area contributed by atoms with Crippen LogP contribution in [0.4, 0.5) is 11.4 Å². The number of carboxylic acid groups (broad SMARTS) is 1. The number of pyridine rings is 1. The minimum absolute atomic E-state index is 0.00806. The summed E-state index contributed by atoms with van der Waals surface area (Å²) in [6.07, 6.45) is 1.42. The minimum Gasteiger partial charge on any atom is -0.480 e. The van der Waals surface area contributed by atoms with Crippen molar-refractivity contribution in [2.24, 2.45) is 0 Å². The van der Waals surface area contributed by atoms with Crippen LogP contribution in [0.2, 0.25) is 5.02 Å². The lowest BCUT2D eigenvalue weighted by Crippen LogP contribution is -2.36. The second-order valence-electron chi connectivity index (χ2n) is 4.20. The number of halogens is 1. The highest BCUT2D eigenvalue weighted by Crippen LogP contribution is 2.21. The Kier molecular flexibility index (Phi) is 4.39. The average molecular weight is 306 g/mol. The summed E-state index contributed by atoms with van der Waals surface area (Å²) in [5.41, 5.74) is 6.31. The van der Waals surface area contributed by atoms with E-state index in [0.717, 1.165) is 4.90 Å². The molecule has 0 fully saturated rings. The summed E-state index contributed by atoms with van der Waals surface area (Å²) in [4.78, 5) is 28.5. The molecule has 0 atom stereocenters. The van der Waals surface area contributed by atoms with Crippen molar-refractivity contribution in [3.05, 3.63) is 53.3 Å². The predicted octanol–water partition coefficient (Wildman–Crippen LogP) is 2.05. The van der Waals surface area contributed by atoms with Gasteiger partial charge >= 0.3 is 5.97 Å². The lowest BCUT2D eigenvalue weighted by atomic mass is 10.2. The number of carboxylic acids is 1. The molecule has 7 heteroatoms. The van der Waals surface area contributed by atoms with E-state index < -0.39 is 18.4 Å². The summed E-state index contributed by atoms with van der Waals surface area (Å²) in [6, 6.07) is 9.38. The maximum atomic E-state index is 12.5. The normalized spacial score (nSPS) is 10.1. The molecule has 2 aromatic rings. The van der Waals surface area contributed by atoms with Crippen molar-refractivity contribution < 1.29 is 14.7 Å². The molecule has 0 unspecified atom stereocenters. The Morgan fingerprint density at radius 3 is 2.48 bits per heavy atom. The largest absolute Gasteiger partial charge is 0.480 e. The quantitative estimate of drug-likeness (QED) is 0.901. The molecule has 3 N–H and O–H groups in total. The van der Waals surface area contributed by atoms with Gasteiger partial charge in [-0.05, 0) is 36.4 Å². The SMILES string of the molecule is Nc1cccnc1C(=O)N(CC(=O)O)c1ccc(Cl)cc1. The highest BCUT2D eigenvalue weighted by Gasteiger charge is 2.23. The van der Waals surface area contributed by atoms with Gasteiger partial charge in [0, 0.05) is 16.9 Å². The van der Waals surface area contributed by atoms with Gasteiger partial charge in [-0.25, -0.2) is 4.98 Å². The number of aromatic nitrogens is 1. The summed E-state index contributed by atoms with van der Waals surface area (Å²) >= 11 is 5.79. The first-order chi connectivity index (χ1) is 9.99. The number of carbonyl (C=O) groups excluding carboxylic acids is 1. The second kappa shape index (κ2) is 6.23. The number of hydrogen-bond donors (Lipinski definition) is 2. The first-order valence-corrected chi connectivity index (χ1v) is 6.36. The summed E-state index contributed by atoms with van der Waals surface area (Å²) < 4.78 is 0. The minimum atomic E-state index is -1.15. The van der Waals surface area contributed by atoms with Crippen molar-refractivity contribution in [1.82, 2.24) is 4.98 Å². The van der Waals surface area contributed by atoms with Crippen LogP contribution >= 0.6 is 11.6 Å². The Hall–Kier alpha value is -2.60. The van der Waals surface area contributed by atoms with Crippen molar-refractivity contribution in [3.8, 4) is 0 Å². The smallest absolute Gasteiger partial charge is 0.323 e. The van der Waals surface area contributed by atoms with Gasteiger partial charge in [0.1, 0.15) is 6.54 Å². The topological polar surface area (TPSA) is 96.5 Å². The number of rotatable bonds is 4. The number of anilines is 2. The third-order valence-corrected chi connectivity index (χ3v) is 2.97. The molecule has 108 valence electrons. The van der Waals surface area contributed by atoms with Crippen LogP contribution < -0.4 is 10.6 Å². The molecule has 0 radical (unpaired) electrons. The lowest BCUT2D eigenvalue weighted by molar-refractivity contribution is -0.135. The average Bonchev–Trinajstić information content (AvgIpc) is 2.45. The maximum Gasteiger partial charge on any atom is 0.323 e. The Labute approximate surface area is 125 Å². The summed E-state index contributed by atoms with van der Waals surface area (Å²) in [6.45, 7) is -0.503. The zero-order valence-corrected chi connectivity index (χ0v) is 11.6. The van der Waals surface area contributed by atoms with Crippen LogP contribution in [0.1, 0.15) is 10.5 Å². The van der Waals surface area contributed by atoms with Gasteiger partial charge in [0.25, 0.3) is 5.91 Å². The first kappa shape index (κ1) is 14.8. The number of aliphatic carboxylic acids is 1. The van der Waals surface area contributed by atoms with E-state index in [1.54, 1.807) is 30.3 Å². The molecule has 0 spiro atoms. The van der Waals surface area contributed by atoms with Gasteiger partial charge in [0.15, 0.2) is 5.69 Å². The predicted molar refractivity (Wildman–Crippen MR) is 79.4 cm³/mol. The maximum absolute atomic E-state index is 12.5. The van der Waals surface area contributed by atoms with Gasteiger partial charge in [-0.1, -0.05) is 11.6 Å². The first-order valence-electron chi connectivity index (χ1n) is 5.99. The van der Waals surface area contributed by atoms with E-state index in [-0.39, 0.29) is 11.4 Å². The van der Waals surface area contributed by atoms with E-state index in [1.807, 2.05) is 0 Å². The summed E-state index contributed by atoms with van der Waals surface area (Å²) in [7, 11) is 0. The van der Waals surface area contributed by atoms with Crippen molar-refractivity contribution in [1.29, 1.82) is 0 Å². The van der Waals surface area contributed by atoms with E-state index in [2.05, 4.69) is 4.98 Å². The van der Waals surface area contributed by atoms with Crippen LogP contribution in [-0.2, 0) is 4.79 Å². The molecular formula is C14H12ClN3O3. The highest BCUT2D eigenvalue weighted by atomic mass is 35.5. The molecular weight excluding hydrogens is 294 g/mol. The summed E-state index contributed by atoms with van der Waals surface area (Å²) in [5, 5.41) is 9.48. The third-order valence-electron chi connectivity index (χ3n) is 2.72. The Morgan fingerprint density at radius 2 is 1.90 bits per heavy atom. The molecule has 0 saturated heterocycles. The Bertz CT molecular complexity index is 673. The monoisotopic (exact) mass is 305 g/mol. The van der Waals surface area contributed by atoms with E-state index in [0.29, 0.717) is 10.7 Å². The van der Waals surface area contributed by atoms with E-state index in [4.69, 9.17) is 22.4 Å². The molecule has 0 aliphatic heterocycles. The molecule has 2 rings (SSSR count). The second-order valence-corrected chi connectivity index (χ2v) is 4.64. The molecule has 0 aliphatic rings. The zero-order chi connectivity index (χ0) is 15.4. The van der Waals surface area contributed by atoms with Crippen molar-refractivity contribution >= 4 is 34.9 Å². The summed E-state index contributed by atoms with van der Waals surface area (Å²) in [5.74, 6) is -1.73. The molecule has 21 heavy (non-hydrogen) atoms. The van der Waals surface area contributed by atoms with Crippen LogP contribution in [0.25, 0.3) is 0 Å². The standard InChI is InChI=1S/C14H12ClN3O3/c15-9-3-5-10(6-4-9)18(8-12(19)20)14(21)13-11(16)2-1-7-17-13/h1-7H,8,16H2,(H,19,20). The van der Waals surface area contributed by atoms with E-state index in [9.17, 15) is 9.59 Å². The van der Waals surface area contributed by atoms with Crippen LogP contribution in [0.15, 0.2) is 42.6 Å². The number of amides is 1. The van der Waals surface area contributed by atoms with E-state index in [1.165, 1.54) is 12.3 Å². The fraction of sp³-hybridized carbons (Fsp3) is 0.0714. The van der Waals surface area contributed by atoms with Crippen LogP contribution in [-0.4, -0.2) is 28.5 Å². The number of nitrogen functional groups attached to an aromatic ring is 1. The number of benzene rings is 1. The third kappa shape index (κ3) is 3.49. The van der Waals surface area contributed by atoms with Crippen molar-refractivity contribution in [3.63, 3.8) is 0 Å². The number of nitrogens with two attached hydrogens (primary N) is 1. The fourth-order valence-corrected chi connectivity index (χ4v) is 1.89. The van der Waals surface area contributed by atoms with Gasteiger partial charge < -0.3 is 10.8 Å². The molecule has 1 aromatic carbocycles. The number of carbonyl (C=O) groups is 2. The molecule has 1 amide bonds. The van der Waals surface area contributed by atoms with E-state index >= 15 is 0 Å². The molecule has 0 aliphatic carbocycles. The van der Waals surface area contributed by atoms with Gasteiger partial charge in [-0.3, -0.25) is 14.5 Å². The molecule has 1 heterocycles. The number of hydrogen-bond acceptors (Lipinski definition) is 4. The Balaban J connectivity index is 2.40. The molecule has 0 bridgehead atoms. The number of nitrogens with zero attached hydrogens (tertiary/aromatic N) is 2. The Morgan fingerprint density at radius 1 is 1.24 bits per heavy atom. The van der Waals surface area contributed by atoms with Crippen molar-refractivity contribution in [2.45, 2.75) is 0 Å². The zero-order valence-electron chi connectivity index (χ0n) is 10.9. The van der Waals surface area contributed by atoms with Gasteiger partial charge in [-0.2, -0.15) is 0 Å². The van der Waals surface area contributed by atoms with Gasteiger partial charge in [0.2, 0.25) is 0 Å². The molecule has 6 nitrogen and oxygen atoms in total. The van der Waals surface area contributed by atoms with Gasteiger partial charge in [0.05, 0.1) is 5.69 Å². The van der Waals surface area contributed by atoms with Crippen LogP contribution in [0.5, 0.6) is 0 Å². The van der Waals surface area contributed by atoms with Crippen molar-refractivity contribution in [2.75, 3.05) is 17.2 Å². The fourth-order valence-electron chi connectivity index (χ4n) is 1.76.